The van der Waals surface area contributed by atoms with Crippen LogP contribution in [-0.4, -0.2) is 33.3 Å². The number of hydrogen-bond donors (Lipinski definition) is 2. The van der Waals surface area contributed by atoms with E-state index in [0.29, 0.717) is 12.2 Å². The van der Waals surface area contributed by atoms with Crippen molar-refractivity contribution in [2.24, 2.45) is 0 Å². The van der Waals surface area contributed by atoms with E-state index in [1.54, 1.807) is 6.20 Å². The maximum atomic E-state index is 11.5. The molecule has 4 aromatic rings. The SMILES string of the molecule is O=C(O)CCn1cc(CC(=O)O)c2c(C=Cc3ccc(OCCCCc4ccccc4)cc3)cccc21. The minimum Gasteiger partial charge on any atom is -0.494 e. The summed E-state index contributed by atoms with van der Waals surface area (Å²) in [6.45, 7) is 0.960. The lowest BCUT2D eigenvalue weighted by molar-refractivity contribution is -0.137. The van der Waals surface area contributed by atoms with Gasteiger partial charge in [-0.25, -0.2) is 0 Å². The van der Waals surface area contributed by atoms with E-state index >= 15 is 0 Å². The zero-order valence-corrected chi connectivity index (χ0v) is 20.7. The van der Waals surface area contributed by atoms with Crippen LogP contribution in [0.5, 0.6) is 5.75 Å². The molecular formula is C31H31NO5. The molecule has 6 heteroatoms. The van der Waals surface area contributed by atoms with Gasteiger partial charge in [0, 0.05) is 23.6 Å². The molecule has 3 aromatic carbocycles. The van der Waals surface area contributed by atoms with Crippen LogP contribution in [0.2, 0.25) is 0 Å². The van der Waals surface area contributed by atoms with E-state index in [-0.39, 0.29) is 19.4 Å². The number of aromatic nitrogens is 1. The fraction of sp³-hybridized carbons (Fsp3) is 0.226. The molecule has 37 heavy (non-hydrogen) atoms. The van der Waals surface area contributed by atoms with Crippen LogP contribution in [0.1, 0.15) is 41.5 Å². The lowest BCUT2D eigenvalue weighted by Gasteiger charge is -2.07. The molecule has 0 bridgehead atoms. The summed E-state index contributed by atoms with van der Waals surface area (Å²) in [6, 6.07) is 24.1. The molecule has 6 nitrogen and oxygen atoms in total. The van der Waals surface area contributed by atoms with Crippen LogP contribution in [0.3, 0.4) is 0 Å². The monoisotopic (exact) mass is 497 g/mol. The predicted octanol–water partition coefficient (Wildman–Crippen LogP) is 6.32. The van der Waals surface area contributed by atoms with E-state index in [0.717, 1.165) is 47.0 Å². The van der Waals surface area contributed by atoms with Gasteiger partial charge in [-0.2, -0.15) is 0 Å². The Morgan fingerprint density at radius 2 is 1.62 bits per heavy atom. The molecule has 1 aromatic heterocycles. The van der Waals surface area contributed by atoms with Gasteiger partial charge in [0.15, 0.2) is 0 Å². The highest BCUT2D eigenvalue weighted by atomic mass is 16.5. The molecule has 0 radical (unpaired) electrons. The third-order valence-electron chi connectivity index (χ3n) is 6.23. The molecule has 1 heterocycles. The van der Waals surface area contributed by atoms with Gasteiger partial charge in [0.05, 0.1) is 19.4 Å². The number of carboxylic acids is 2. The van der Waals surface area contributed by atoms with Crippen LogP contribution in [0.15, 0.2) is 79.0 Å². The number of nitrogens with zero attached hydrogens (tertiary/aromatic N) is 1. The standard InChI is InChI=1S/C31H31NO5/c33-29(34)18-19-32-22-26(21-30(35)36)31-25(10-6-11-28(31)32)15-12-24-13-16-27(17-14-24)37-20-5-4-9-23-7-2-1-3-8-23/h1-3,6-8,10-17,22H,4-5,9,18-21H2,(H,33,34)(H,35,36). The Hall–Kier alpha value is -4.32. The highest BCUT2D eigenvalue weighted by Crippen LogP contribution is 2.28. The van der Waals surface area contributed by atoms with E-state index in [4.69, 9.17) is 9.84 Å². The lowest BCUT2D eigenvalue weighted by atomic mass is 10.0. The molecular weight excluding hydrogens is 466 g/mol. The quantitative estimate of drug-likeness (QED) is 0.167. The minimum absolute atomic E-state index is 0.0300. The van der Waals surface area contributed by atoms with Crippen LogP contribution in [0, 0.1) is 0 Å². The van der Waals surface area contributed by atoms with Gasteiger partial charge in [-0.05, 0) is 59.7 Å². The van der Waals surface area contributed by atoms with E-state index in [1.807, 2.05) is 65.3 Å². The summed E-state index contributed by atoms with van der Waals surface area (Å²) in [5.41, 5.74) is 4.74. The average Bonchev–Trinajstić information content (AvgIpc) is 3.24. The number of aryl methyl sites for hydroxylation is 2. The number of unbranched alkanes of at least 4 members (excludes halogenated alkanes) is 1. The second-order valence-electron chi connectivity index (χ2n) is 9.00. The summed E-state index contributed by atoms with van der Waals surface area (Å²) >= 11 is 0. The van der Waals surface area contributed by atoms with Gasteiger partial charge < -0.3 is 19.5 Å². The minimum atomic E-state index is -0.924. The molecule has 0 saturated heterocycles. The van der Waals surface area contributed by atoms with Crippen LogP contribution < -0.4 is 4.74 Å². The molecule has 0 aliphatic heterocycles. The Bertz CT molecular complexity index is 1370. The molecule has 0 saturated carbocycles. The second-order valence-corrected chi connectivity index (χ2v) is 9.00. The number of fused-ring (bicyclic) bond motifs is 1. The number of ether oxygens (including phenoxy) is 1. The van der Waals surface area contributed by atoms with Gasteiger partial charge >= 0.3 is 11.9 Å². The zero-order chi connectivity index (χ0) is 26.0. The first-order valence-corrected chi connectivity index (χ1v) is 12.5. The molecule has 0 unspecified atom stereocenters. The van der Waals surface area contributed by atoms with E-state index < -0.39 is 11.9 Å². The summed E-state index contributed by atoms with van der Waals surface area (Å²) in [4.78, 5) is 22.5. The third kappa shape index (κ3) is 7.34. The van der Waals surface area contributed by atoms with Crippen molar-refractivity contribution in [2.75, 3.05) is 6.61 Å². The Labute approximate surface area is 216 Å². The van der Waals surface area contributed by atoms with Crippen molar-refractivity contribution in [3.8, 4) is 5.75 Å². The van der Waals surface area contributed by atoms with Crippen LogP contribution in [0.25, 0.3) is 23.1 Å². The fourth-order valence-corrected chi connectivity index (χ4v) is 4.43. The average molecular weight is 498 g/mol. The normalized spacial score (nSPS) is 11.2. The molecule has 0 aliphatic rings. The maximum Gasteiger partial charge on any atom is 0.307 e. The lowest BCUT2D eigenvalue weighted by Crippen LogP contribution is -2.03. The largest absolute Gasteiger partial charge is 0.494 e. The van der Waals surface area contributed by atoms with E-state index in [1.165, 1.54) is 5.56 Å². The first-order chi connectivity index (χ1) is 18.0. The first-order valence-electron chi connectivity index (χ1n) is 12.5. The molecule has 190 valence electrons. The van der Waals surface area contributed by atoms with Crippen LogP contribution >= 0.6 is 0 Å². The first kappa shape index (κ1) is 25.8. The molecule has 0 amide bonds. The predicted molar refractivity (Wildman–Crippen MR) is 146 cm³/mol. The number of hydrogen-bond acceptors (Lipinski definition) is 3. The number of rotatable bonds is 13. The summed E-state index contributed by atoms with van der Waals surface area (Å²) in [6.07, 6.45) is 8.68. The highest BCUT2D eigenvalue weighted by molar-refractivity contribution is 5.96. The smallest absolute Gasteiger partial charge is 0.307 e. The summed E-state index contributed by atoms with van der Waals surface area (Å²) in [7, 11) is 0. The van der Waals surface area contributed by atoms with Crippen molar-refractivity contribution in [1.29, 1.82) is 0 Å². The molecule has 0 spiro atoms. The molecule has 0 aliphatic carbocycles. The van der Waals surface area contributed by atoms with Crippen molar-refractivity contribution in [3.63, 3.8) is 0 Å². The Kier molecular flexibility index (Phi) is 8.76. The van der Waals surface area contributed by atoms with Crippen molar-refractivity contribution in [2.45, 2.75) is 38.6 Å². The van der Waals surface area contributed by atoms with Gasteiger partial charge in [-0.15, -0.1) is 0 Å². The topological polar surface area (TPSA) is 88.8 Å². The number of carboxylic acid groups (broad SMARTS) is 2. The number of benzene rings is 3. The summed E-state index contributed by atoms with van der Waals surface area (Å²) in [5, 5.41) is 19.3. The van der Waals surface area contributed by atoms with Gasteiger partial charge in [0.2, 0.25) is 0 Å². The summed E-state index contributed by atoms with van der Waals surface area (Å²) < 4.78 is 7.71. The van der Waals surface area contributed by atoms with Crippen LogP contribution in [0.4, 0.5) is 0 Å². The number of carbonyl (C=O) groups is 2. The van der Waals surface area contributed by atoms with E-state index in [2.05, 4.69) is 24.3 Å². The van der Waals surface area contributed by atoms with Crippen molar-refractivity contribution < 1.29 is 24.5 Å². The third-order valence-corrected chi connectivity index (χ3v) is 6.23. The summed E-state index contributed by atoms with van der Waals surface area (Å²) in [5.74, 6) is -0.984. The van der Waals surface area contributed by atoms with Gasteiger partial charge in [-0.3, -0.25) is 9.59 Å². The molecule has 2 N–H and O–H groups in total. The van der Waals surface area contributed by atoms with E-state index in [9.17, 15) is 14.7 Å². The molecule has 4 rings (SSSR count). The van der Waals surface area contributed by atoms with Gasteiger partial charge in [-0.1, -0.05) is 66.7 Å². The van der Waals surface area contributed by atoms with Crippen molar-refractivity contribution in [3.05, 3.63) is 101 Å². The fourth-order valence-electron chi connectivity index (χ4n) is 4.43. The highest BCUT2D eigenvalue weighted by Gasteiger charge is 2.14. The Morgan fingerprint density at radius 1 is 0.838 bits per heavy atom. The second kappa shape index (κ2) is 12.6. The Morgan fingerprint density at radius 3 is 2.35 bits per heavy atom. The zero-order valence-electron chi connectivity index (χ0n) is 20.7. The van der Waals surface area contributed by atoms with Crippen molar-refractivity contribution in [1.82, 2.24) is 4.57 Å². The molecule has 0 fully saturated rings. The van der Waals surface area contributed by atoms with Gasteiger partial charge in [0.1, 0.15) is 5.75 Å². The van der Waals surface area contributed by atoms with Gasteiger partial charge in [0.25, 0.3) is 0 Å². The maximum absolute atomic E-state index is 11.5. The number of aliphatic carboxylic acids is 2. The Balaban J connectivity index is 1.40. The molecule has 0 atom stereocenters. The van der Waals surface area contributed by atoms with Crippen LogP contribution in [-0.2, 0) is 29.0 Å². The van der Waals surface area contributed by atoms with Crippen molar-refractivity contribution >= 4 is 35.0 Å².